The fourth-order valence-electron chi connectivity index (χ4n) is 1.71. The van der Waals surface area contributed by atoms with E-state index in [2.05, 4.69) is 10.6 Å². The van der Waals surface area contributed by atoms with Crippen molar-refractivity contribution in [3.63, 3.8) is 0 Å². The predicted molar refractivity (Wildman–Crippen MR) is 60.9 cm³/mol. The first kappa shape index (κ1) is 13.5. The van der Waals surface area contributed by atoms with E-state index in [-0.39, 0.29) is 17.4 Å². The minimum Gasteiger partial charge on any atom is -0.511 e. The molecule has 0 radical (unpaired) electrons. The Morgan fingerprint density at radius 1 is 1.71 bits per heavy atom. The van der Waals surface area contributed by atoms with Gasteiger partial charge >= 0.3 is 0 Å². The van der Waals surface area contributed by atoms with Crippen LogP contribution in [-0.2, 0) is 9.53 Å². The summed E-state index contributed by atoms with van der Waals surface area (Å²) in [6.07, 6.45) is -0.0289. The van der Waals surface area contributed by atoms with Crippen molar-refractivity contribution in [1.82, 2.24) is 10.6 Å². The van der Waals surface area contributed by atoms with Crippen molar-refractivity contribution >= 4 is 5.91 Å². The van der Waals surface area contributed by atoms with E-state index in [1.807, 2.05) is 6.92 Å². The van der Waals surface area contributed by atoms with E-state index in [0.29, 0.717) is 13.1 Å². The number of carbonyl (C=O) groups excluding carboxylic acids is 1. The van der Waals surface area contributed by atoms with Crippen LogP contribution >= 0.6 is 0 Å². The molecule has 1 fully saturated rings. The van der Waals surface area contributed by atoms with Crippen LogP contribution in [0.15, 0.2) is 11.3 Å². The molecule has 1 aliphatic heterocycles. The largest absolute Gasteiger partial charge is 0.511 e. The van der Waals surface area contributed by atoms with Gasteiger partial charge in [0.05, 0.1) is 6.10 Å². The van der Waals surface area contributed by atoms with Crippen molar-refractivity contribution in [3.8, 4) is 6.07 Å². The van der Waals surface area contributed by atoms with Crippen LogP contribution in [0.5, 0.6) is 0 Å². The highest BCUT2D eigenvalue weighted by atomic mass is 16.5. The van der Waals surface area contributed by atoms with E-state index in [1.165, 1.54) is 6.92 Å². The fraction of sp³-hybridized carbons (Fsp3) is 0.636. The Kier molecular flexibility index (Phi) is 4.10. The summed E-state index contributed by atoms with van der Waals surface area (Å²) in [5.74, 6) is -0.934. The quantitative estimate of drug-likeness (QED) is 0.363. The first-order valence-electron chi connectivity index (χ1n) is 5.39. The number of carbonyl (C=O) groups is 1. The first-order valence-corrected chi connectivity index (χ1v) is 5.39. The minimum absolute atomic E-state index is 0.0289. The zero-order valence-corrected chi connectivity index (χ0v) is 10.2. The summed E-state index contributed by atoms with van der Waals surface area (Å²) in [5.41, 5.74) is -1.17. The van der Waals surface area contributed by atoms with E-state index >= 15 is 0 Å². The van der Waals surface area contributed by atoms with Gasteiger partial charge in [-0.1, -0.05) is 0 Å². The van der Waals surface area contributed by atoms with Crippen molar-refractivity contribution in [2.45, 2.75) is 32.6 Å². The minimum atomic E-state index is -0.869. The smallest absolute Gasteiger partial charge is 0.267 e. The molecule has 2 atom stereocenters. The predicted octanol–water partition coefficient (Wildman–Crippen LogP) is 0.183. The molecular formula is C11H17N3O3. The molecule has 1 saturated heterocycles. The summed E-state index contributed by atoms with van der Waals surface area (Å²) in [7, 11) is 0. The van der Waals surface area contributed by atoms with Gasteiger partial charge in [0.2, 0.25) is 0 Å². The van der Waals surface area contributed by atoms with Gasteiger partial charge in [-0.2, -0.15) is 5.26 Å². The molecule has 6 heteroatoms. The van der Waals surface area contributed by atoms with Gasteiger partial charge in [0.25, 0.3) is 5.91 Å². The summed E-state index contributed by atoms with van der Waals surface area (Å²) in [4.78, 5) is 11.7. The molecule has 0 aromatic rings. The fourth-order valence-corrected chi connectivity index (χ4v) is 1.71. The highest BCUT2D eigenvalue weighted by molar-refractivity contribution is 5.97. The number of rotatable bonds is 2. The van der Waals surface area contributed by atoms with Crippen LogP contribution in [0.2, 0.25) is 0 Å². The zero-order chi connectivity index (χ0) is 13.1. The third kappa shape index (κ3) is 3.44. The Morgan fingerprint density at radius 3 is 2.82 bits per heavy atom. The number of hydrogen-bond acceptors (Lipinski definition) is 5. The lowest BCUT2D eigenvalue weighted by Gasteiger charge is -2.38. The third-order valence-electron chi connectivity index (χ3n) is 2.43. The summed E-state index contributed by atoms with van der Waals surface area (Å²) >= 11 is 0. The Labute approximate surface area is 100 Å². The standard InChI is InChI=1S/C11H17N3O3/c1-7-5-13-6-11(3,17-7)14-10(16)9(4-12)8(2)15/h7,13,15H,5-6H2,1-3H3,(H,14,16). The molecule has 1 heterocycles. The molecule has 17 heavy (non-hydrogen) atoms. The Morgan fingerprint density at radius 2 is 2.35 bits per heavy atom. The number of hydrogen-bond donors (Lipinski definition) is 3. The molecule has 0 aromatic heterocycles. The SMILES string of the molecule is CC(O)=C(C#N)C(=O)NC1(C)CNCC(C)O1. The molecule has 0 aromatic carbocycles. The maximum Gasteiger partial charge on any atom is 0.267 e. The van der Waals surface area contributed by atoms with Crippen LogP contribution in [0.3, 0.4) is 0 Å². The lowest BCUT2D eigenvalue weighted by Crippen LogP contribution is -2.61. The van der Waals surface area contributed by atoms with Gasteiger partial charge in [-0.15, -0.1) is 0 Å². The molecule has 2 unspecified atom stereocenters. The molecule has 1 aliphatic rings. The van der Waals surface area contributed by atoms with Gasteiger partial charge in [-0.25, -0.2) is 0 Å². The van der Waals surface area contributed by atoms with Crippen LogP contribution in [0.1, 0.15) is 20.8 Å². The van der Waals surface area contributed by atoms with E-state index in [4.69, 9.17) is 10.00 Å². The molecule has 94 valence electrons. The van der Waals surface area contributed by atoms with Crippen molar-refractivity contribution in [2.24, 2.45) is 0 Å². The first-order chi connectivity index (χ1) is 7.88. The van der Waals surface area contributed by atoms with E-state index < -0.39 is 11.6 Å². The van der Waals surface area contributed by atoms with E-state index in [1.54, 1.807) is 13.0 Å². The van der Waals surface area contributed by atoms with E-state index in [0.717, 1.165) is 0 Å². The molecule has 0 bridgehead atoms. The van der Waals surface area contributed by atoms with Crippen LogP contribution in [0.25, 0.3) is 0 Å². The number of aliphatic hydroxyl groups is 1. The van der Waals surface area contributed by atoms with Gasteiger partial charge in [0, 0.05) is 13.1 Å². The van der Waals surface area contributed by atoms with Crippen molar-refractivity contribution < 1.29 is 14.6 Å². The Balaban J connectivity index is 2.75. The maximum absolute atomic E-state index is 11.7. The van der Waals surface area contributed by atoms with Gasteiger partial charge in [-0.3, -0.25) is 4.79 Å². The molecule has 1 rings (SSSR count). The monoisotopic (exact) mass is 239 g/mol. The topological polar surface area (TPSA) is 94.4 Å². The number of nitrogens with zero attached hydrogens (tertiary/aromatic N) is 1. The summed E-state index contributed by atoms with van der Waals surface area (Å²) in [6, 6.07) is 1.66. The molecule has 1 amide bonds. The molecule has 6 nitrogen and oxygen atoms in total. The second-order valence-electron chi connectivity index (χ2n) is 4.32. The number of nitrogens with one attached hydrogen (secondary N) is 2. The third-order valence-corrected chi connectivity index (χ3v) is 2.43. The average Bonchev–Trinajstić information content (AvgIpc) is 2.16. The van der Waals surface area contributed by atoms with Crippen LogP contribution < -0.4 is 10.6 Å². The summed E-state index contributed by atoms with van der Waals surface area (Å²) in [6.45, 7) is 6.06. The number of allylic oxidation sites excluding steroid dienone is 1. The average molecular weight is 239 g/mol. The number of morpholine rings is 1. The van der Waals surface area contributed by atoms with Crippen molar-refractivity contribution in [3.05, 3.63) is 11.3 Å². The Hall–Kier alpha value is -1.58. The van der Waals surface area contributed by atoms with E-state index in [9.17, 15) is 9.90 Å². The van der Waals surface area contributed by atoms with Crippen LogP contribution in [0.4, 0.5) is 0 Å². The Bertz CT molecular complexity index is 382. The number of amides is 1. The molecule has 0 saturated carbocycles. The molecular weight excluding hydrogens is 222 g/mol. The highest BCUT2D eigenvalue weighted by Crippen LogP contribution is 2.14. The normalized spacial score (nSPS) is 30.1. The van der Waals surface area contributed by atoms with Gasteiger partial charge in [0.1, 0.15) is 11.8 Å². The molecule has 0 aliphatic carbocycles. The van der Waals surface area contributed by atoms with Gasteiger partial charge < -0.3 is 20.5 Å². The van der Waals surface area contributed by atoms with Gasteiger partial charge in [-0.05, 0) is 20.8 Å². The second-order valence-corrected chi connectivity index (χ2v) is 4.32. The highest BCUT2D eigenvalue weighted by Gasteiger charge is 2.33. The van der Waals surface area contributed by atoms with Crippen molar-refractivity contribution in [2.75, 3.05) is 13.1 Å². The summed E-state index contributed by atoms with van der Waals surface area (Å²) in [5, 5.41) is 23.6. The van der Waals surface area contributed by atoms with Gasteiger partial charge in [0.15, 0.2) is 11.3 Å². The number of ether oxygens (including phenoxy) is 1. The van der Waals surface area contributed by atoms with Crippen LogP contribution in [-0.4, -0.2) is 35.9 Å². The number of nitriles is 1. The second kappa shape index (κ2) is 5.17. The van der Waals surface area contributed by atoms with Crippen LogP contribution in [0, 0.1) is 11.3 Å². The maximum atomic E-state index is 11.7. The zero-order valence-electron chi connectivity index (χ0n) is 10.2. The lowest BCUT2D eigenvalue weighted by molar-refractivity contribution is -0.141. The molecule has 3 N–H and O–H groups in total. The summed E-state index contributed by atoms with van der Waals surface area (Å²) < 4.78 is 5.61. The molecule has 0 spiro atoms. The van der Waals surface area contributed by atoms with Crippen molar-refractivity contribution in [1.29, 1.82) is 5.26 Å². The lowest BCUT2D eigenvalue weighted by atomic mass is 10.1. The number of aliphatic hydroxyl groups excluding tert-OH is 1.